The van der Waals surface area contributed by atoms with Crippen molar-refractivity contribution < 1.29 is 13.6 Å². The van der Waals surface area contributed by atoms with Crippen molar-refractivity contribution in [3.05, 3.63) is 96.3 Å². The second kappa shape index (κ2) is 7.67. The molecule has 2 aromatic heterocycles. The van der Waals surface area contributed by atoms with Gasteiger partial charge in [0, 0.05) is 30.3 Å². The maximum atomic E-state index is 13.9. The minimum absolute atomic E-state index is 0.0616. The Morgan fingerprint density at radius 2 is 2.03 bits per heavy atom. The van der Waals surface area contributed by atoms with Crippen LogP contribution in [0.15, 0.2) is 73.6 Å². The van der Waals surface area contributed by atoms with Crippen LogP contribution in [0.1, 0.15) is 28.9 Å². The topological polar surface area (TPSA) is 64.7 Å². The third-order valence-corrected chi connectivity index (χ3v) is 4.52. The molecule has 1 atom stereocenters. The number of amides is 1. The van der Waals surface area contributed by atoms with E-state index in [1.165, 1.54) is 23.1 Å². The number of carbonyl (C=O) groups is 1. The second-order valence-electron chi connectivity index (χ2n) is 6.53. The lowest BCUT2D eigenvalue weighted by molar-refractivity contribution is 0.0940. The number of halogens is 2. The molecule has 0 fully saturated rings. The smallest absolute Gasteiger partial charge is 0.254 e. The summed E-state index contributed by atoms with van der Waals surface area (Å²) < 4.78 is 30.1. The van der Waals surface area contributed by atoms with Crippen LogP contribution in [0.3, 0.4) is 0 Å². The Morgan fingerprint density at radius 3 is 2.79 bits per heavy atom. The van der Waals surface area contributed by atoms with Crippen molar-refractivity contribution in [3.63, 3.8) is 0 Å². The van der Waals surface area contributed by atoms with Crippen LogP contribution in [-0.4, -0.2) is 25.2 Å². The predicted molar refractivity (Wildman–Crippen MR) is 103 cm³/mol. The van der Waals surface area contributed by atoms with Crippen LogP contribution in [0, 0.1) is 11.6 Å². The first-order valence-electron chi connectivity index (χ1n) is 8.90. The average Bonchev–Trinajstić information content (AvgIpc) is 3.40. The number of hydrogen-bond donors (Lipinski definition) is 1. The Labute approximate surface area is 165 Å². The van der Waals surface area contributed by atoms with Crippen LogP contribution in [0.4, 0.5) is 8.78 Å². The summed E-state index contributed by atoms with van der Waals surface area (Å²) in [7, 11) is 0. The van der Waals surface area contributed by atoms with E-state index >= 15 is 0 Å². The largest absolute Gasteiger partial charge is 0.345 e. The molecule has 0 saturated heterocycles. The van der Waals surface area contributed by atoms with E-state index in [-0.39, 0.29) is 23.2 Å². The Bertz CT molecular complexity index is 1150. The molecule has 2 heterocycles. The molecule has 0 aliphatic rings. The molecule has 0 aliphatic carbocycles. The molecule has 0 unspecified atom stereocenters. The Balaban J connectivity index is 1.50. The highest BCUT2D eigenvalue weighted by molar-refractivity contribution is 5.94. The van der Waals surface area contributed by atoms with Crippen molar-refractivity contribution in [3.8, 4) is 11.4 Å². The third-order valence-electron chi connectivity index (χ3n) is 4.52. The van der Waals surface area contributed by atoms with Crippen LogP contribution < -0.4 is 5.32 Å². The zero-order valence-electron chi connectivity index (χ0n) is 15.5. The first-order valence-corrected chi connectivity index (χ1v) is 8.90. The highest BCUT2D eigenvalue weighted by Gasteiger charge is 2.15. The van der Waals surface area contributed by atoms with Crippen molar-refractivity contribution in [1.82, 2.24) is 24.6 Å². The van der Waals surface area contributed by atoms with Crippen molar-refractivity contribution in [2.45, 2.75) is 13.0 Å². The minimum Gasteiger partial charge on any atom is -0.345 e. The zero-order chi connectivity index (χ0) is 20.4. The first kappa shape index (κ1) is 18.5. The fraction of sp³-hybridized carbons (Fsp3) is 0.0952. The summed E-state index contributed by atoms with van der Waals surface area (Å²) in [4.78, 5) is 16.6. The van der Waals surface area contributed by atoms with E-state index in [1.807, 2.05) is 42.0 Å². The molecule has 0 spiro atoms. The van der Waals surface area contributed by atoms with Gasteiger partial charge in [-0.3, -0.25) is 4.79 Å². The van der Waals surface area contributed by atoms with Crippen LogP contribution in [0.5, 0.6) is 0 Å². The van der Waals surface area contributed by atoms with Gasteiger partial charge in [0.2, 0.25) is 0 Å². The molecule has 6 nitrogen and oxygen atoms in total. The first-order chi connectivity index (χ1) is 14.0. The number of nitrogens with zero attached hydrogens (tertiary/aromatic N) is 4. The summed E-state index contributed by atoms with van der Waals surface area (Å²) in [5.74, 6) is -1.79. The summed E-state index contributed by atoms with van der Waals surface area (Å²) in [6.45, 7) is 1.87. The van der Waals surface area contributed by atoms with E-state index < -0.39 is 11.6 Å². The molecule has 4 rings (SSSR count). The van der Waals surface area contributed by atoms with Gasteiger partial charge in [-0.2, -0.15) is 5.10 Å². The van der Waals surface area contributed by atoms with Gasteiger partial charge >= 0.3 is 0 Å². The van der Waals surface area contributed by atoms with E-state index in [2.05, 4.69) is 15.4 Å². The number of imidazole rings is 1. The van der Waals surface area contributed by atoms with E-state index in [9.17, 15) is 13.6 Å². The van der Waals surface area contributed by atoms with Crippen molar-refractivity contribution in [2.24, 2.45) is 0 Å². The van der Waals surface area contributed by atoms with Gasteiger partial charge < -0.3 is 9.88 Å². The lowest BCUT2D eigenvalue weighted by Gasteiger charge is -2.15. The molecular weight excluding hydrogens is 376 g/mol. The second-order valence-corrected chi connectivity index (χ2v) is 6.53. The predicted octanol–water partition coefficient (Wildman–Crippen LogP) is 3.83. The van der Waals surface area contributed by atoms with Gasteiger partial charge in [0.05, 0.1) is 24.1 Å². The standard InChI is InChI=1S/C21H17F2N5O/c1-14(15-3-2-4-18(9-15)27-8-7-24-13-27)26-21(29)16-11-25-28(12-16)20-6-5-17(22)10-19(20)23/h2-14H,1H3,(H,26,29)/t14-/m1/s1. The summed E-state index contributed by atoms with van der Waals surface area (Å²) in [5.41, 5.74) is 2.18. The highest BCUT2D eigenvalue weighted by atomic mass is 19.1. The number of benzene rings is 2. The number of aromatic nitrogens is 4. The van der Waals surface area contributed by atoms with E-state index in [0.717, 1.165) is 23.4 Å². The number of hydrogen-bond acceptors (Lipinski definition) is 3. The SMILES string of the molecule is C[C@@H](NC(=O)c1cnn(-c2ccc(F)cc2F)c1)c1cccc(-n2ccnc2)c1. The van der Waals surface area contributed by atoms with Crippen molar-refractivity contribution in [2.75, 3.05) is 0 Å². The molecule has 1 amide bonds. The van der Waals surface area contributed by atoms with Crippen molar-refractivity contribution >= 4 is 5.91 Å². The molecule has 0 saturated carbocycles. The van der Waals surface area contributed by atoms with Crippen LogP contribution in [-0.2, 0) is 0 Å². The summed E-state index contributed by atoms with van der Waals surface area (Å²) in [6, 6.07) is 10.6. The van der Waals surface area contributed by atoms with Crippen LogP contribution in [0.25, 0.3) is 11.4 Å². The van der Waals surface area contributed by atoms with Gasteiger partial charge in [0.1, 0.15) is 11.5 Å². The fourth-order valence-electron chi connectivity index (χ4n) is 2.97. The monoisotopic (exact) mass is 393 g/mol. The normalized spacial score (nSPS) is 12.0. The van der Waals surface area contributed by atoms with Gasteiger partial charge in [0.15, 0.2) is 5.82 Å². The molecule has 29 heavy (non-hydrogen) atoms. The fourth-order valence-corrected chi connectivity index (χ4v) is 2.97. The third kappa shape index (κ3) is 3.91. The van der Waals surface area contributed by atoms with Crippen LogP contribution >= 0.6 is 0 Å². The van der Waals surface area contributed by atoms with Gasteiger partial charge in [-0.25, -0.2) is 18.4 Å². The number of nitrogens with one attached hydrogen (secondary N) is 1. The number of rotatable bonds is 5. The summed E-state index contributed by atoms with van der Waals surface area (Å²) in [6.07, 6.45) is 7.98. The number of carbonyl (C=O) groups excluding carboxylic acids is 1. The molecule has 8 heteroatoms. The maximum absolute atomic E-state index is 13.9. The molecule has 1 N–H and O–H groups in total. The van der Waals surface area contributed by atoms with Gasteiger partial charge in [-0.15, -0.1) is 0 Å². The van der Waals surface area contributed by atoms with Crippen LogP contribution in [0.2, 0.25) is 0 Å². The Kier molecular flexibility index (Phi) is 4.90. The quantitative estimate of drug-likeness (QED) is 0.561. The highest BCUT2D eigenvalue weighted by Crippen LogP contribution is 2.18. The van der Waals surface area contributed by atoms with Gasteiger partial charge in [-0.1, -0.05) is 12.1 Å². The van der Waals surface area contributed by atoms with Crippen molar-refractivity contribution in [1.29, 1.82) is 0 Å². The zero-order valence-corrected chi connectivity index (χ0v) is 15.5. The Hall–Kier alpha value is -3.81. The van der Waals surface area contributed by atoms with Gasteiger partial charge in [0.25, 0.3) is 5.91 Å². The van der Waals surface area contributed by atoms with E-state index in [0.29, 0.717) is 0 Å². The van der Waals surface area contributed by atoms with E-state index in [4.69, 9.17) is 0 Å². The summed E-state index contributed by atoms with van der Waals surface area (Å²) in [5, 5.41) is 6.91. The molecule has 146 valence electrons. The molecule has 0 aliphatic heterocycles. The lowest BCUT2D eigenvalue weighted by Crippen LogP contribution is -2.26. The molecule has 0 bridgehead atoms. The molecule has 4 aromatic rings. The molecule has 2 aromatic carbocycles. The maximum Gasteiger partial charge on any atom is 0.254 e. The average molecular weight is 393 g/mol. The minimum atomic E-state index is -0.759. The summed E-state index contributed by atoms with van der Waals surface area (Å²) >= 11 is 0. The van der Waals surface area contributed by atoms with Gasteiger partial charge in [-0.05, 0) is 36.8 Å². The lowest BCUT2D eigenvalue weighted by atomic mass is 10.1. The molecular formula is C21H17F2N5O. The molecule has 0 radical (unpaired) electrons. The van der Waals surface area contributed by atoms with E-state index in [1.54, 1.807) is 12.5 Å². The Morgan fingerprint density at radius 1 is 1.17 bits per heavy atom.